The maximum absolute atomic E-state index is 5.73. The van der Waals surface area contributed by atoms with Crippen LogP contribution >= 0.6 is 11.8 Å². The maximum atomic E-state index is 5.73. The van der Waals surface area contributed by atoms with Gasteiger partial charge in [-0.3, -0.25) is 0 Å². The zero-order valence-corrected chi connectivity index (χ0v) is 12.9. The second-order valence-corrected chi connectivity index (χ2v) is 6.97. The average molecular weight is 284 g/mol. The summed E-state index contributed by atoms with van der Waals surface area (Å²) >= 11 is 1.85. The molecule has 2 atom stereocenters. The van der Waals surface area contributed by atoms with Crippen molar-refractivity contribution in [3.05, 3.63) is 11.8 Å². The normalized spacial score (nSPS) is 21.8. The Balaban J connectivity index is 1.78. The van der Waals surface area contributed by atoms with Gasteiger partial charge in [0.25, 0.3) is 0 Å². The monoisotopic (exact) mass is 284 g/mol. The third-order valence-electron chi connectivity index (χ3n) is 3.22. The van der Waals surface area contributed by atoms with Crippen molar-refractivity contribution >= 4 is 11.8 Å². The number of nitrogens with zero attached hydrogens (tertiary/aromatic N) is 2. The molecular formula is C14H24N2O2S. The average Bonchev–Trinajstić information content (AvgIpc) is 2.85. The summed E-state index contributed by atoms with van der Waals surface area (Å²) in [5.74, 6) is 3.07. The van der Waals surface area contributed by atoms with Crippen LogP contribution < -0.4 is 0 Å². The maximum Gasteiger partial charge on any atom is 0.229 e. The van der Waals surface area contributed by atoms with Gasteiger partial charge < -0.3 is 9.15 Å². The minimum absolute atomic E-state index is 0.249. The Morgan fingerprint density at radius 1 is 1.26 bits per heavy atom. The van der Waals surface area contributed by atoms with E-state index < -0.39 is 0 Å². The predicted octanol–water partition coefficient (Wildman–Crippen LogP) is 3.63. The van der Waals surface area contributed by atoms with Crippen LogP contribution in [0.5, 0.6) is 0 Å². The topological polar surface area (TPSA) is 48.2 Å². The molecule has 1 saturated heterocycles. The summed E-state index contributed by atoms with van der Waals surface area (Å²) in [5, 5.41) is 8.51. The lowest BCUT2D eigenvalue weighted by molar-refractivity contribution is 0.0315. The van der Waals surface area contributed by atoms with Gasteiger partial charge in [-0.2, -0.15) is 0 Å². The number of rotatable bonds is 6. The molecule has 108 valence electrons. The molecule has 2 heterocycles. The molecule has 5 heteroatoms. The number of hydrogen-bond donors (Lipinski definition) is 0. The molecule has 19 heavy (non-hydrogen) atoms. The first-order chi connectivity index (χ1) is 9.15. The zero-order chi connectivity index (χ0) is 13.7. The Labute approximate surface area is 119 Å². The van der Waals surface area contributed by atoms with Crippen molar-refractivity contribution in [1.82, 2.24) is 10.2 Å². The highest BCUT2D eigenvalue weighted by atomic mass is 32.2. The Hall–Kier alpha value is -0.550. The lowest BCUT2D eigenvalue weighted by atomic mass is 10.1. The van der Waals surface area contributed by atoms with Gasteiger partial charge in [-0.25, -0.2) is 0 Å². The number of thioether (sulfide) groups is 1. The predicted molar refractivity (Wildman–Crippen MR) is 77.3 cm³/mol. The van der Waals surface area contributed by atoms with Crippen LogP contribution in [0.15, 0.2) is 4.42 Å². The van der Waals surface area contributed by atoms with E-state index in [1.165, 1.54) is 19.3 Å². The van der Waals surface area contributed by atoms with Crippen LogP contribution in [0.2, 0.25) is 0 Å². The summed E-state index contributed by atoms with van der Waals surface area (Å²) < 4.78 is 11.4. The molecule has 4 nitrogen and oxygen atoms in total. The molecule has 1 fully saturated rings. The fourth-order valence-electron chi connectivity index (χ4n) is 2.12. The first-order valence-corrected chi connectivity index (χ1v) is 8.25. The highest BCUT2D eigenvalue weighted by Crippen LogP contribution is 2.30. The second-order valence-electron chi connectivity index (χ2n) is 5.60. The first-order valence-electron chi connectivity index (χ1n) is 7.20. The van der Waals surface area contributed by atoms with Crippen LogP contribution in [0.1, 0.15) is 57.1 Å². The van der Waals surface area contributed by atoms with Crippen molar-refractivity contribution in [3.8, 4) is 0 Å². The van der Waals surface area contributed by atoms with E-state index in [4.69, 9.17) is 9.15 Å². The van der Waals surface area contributed by atoms with Crippen molar-refractivity contribution in [3.63, 3.8) is 0 Å². The van der Waals surface area contributed by atoms with Gasteiger partial charge in [0.15, 0.2) is 0 Å². The van der Waals surface area contributed by atoms with Gasteiger partial charge >= 0.3 is 0 Å². The SMILES string of the molecule is CC(C)Cc1nnc([C@H](C)SC[C@H]2CCCCO2)o1. The highest BCUT2D eigenvalue weighted by molar-refractivity contribution is 7.99. The van der Waals surface area contributed by atoms with Crippen LogP contribution in [0.3, 0.4) is 0 Å². The molecule has 1 aromatic heterocycles. The van der Waals surface area contributed by atoms with Crippen LogP contribution in [0.25, 0.3) is 0 Å². The van der Waals surface area contributed by atoms with Gasteiger partial charge in [0.2, 0.25) is 11.8 Å². The molecule has 0 unspecified atom stereocenters. The molecule has 0 radical (unpaired) electrons. The molecule has 0 bridgehead atoms. The highest BCUT2D eigenvalue weighted by Gasteiger charge is 2.19. The summed E-state index contributed by atoms with van der Waals surface area (Å²) in [4.78, 5) is 0. The summed E-state index contributed by atoms with van der Waals surface area (Å²) in [5.41, 5.74) is 0. The van der Waals surface area contributed by atoms with Gasteiger partial charge in [0.1, 0.15) is 0 Å². The smallest absolute Gasteiger partial charge is 0.229 e. The molecule has 1 aliphatic rings. The van der Waals surface area contributed by atoms with Gasteiger partial charge in [-0.1, -0.05) is 13.8 Å². The van der Waals surface area contributed by atoms with Crippen LogP contribution in [-0.4, -0.2) is 28.7 Å². The van der Waals surface area contributed by atoms with Crippen molar-refractivity contribution in [1.29, 1.82) is 0 Å². The number of ether oxygens (including phenoxy) is 1. The third-order valence-corrected chi connectivity index (χ3v) is 4.49. The molecule has 1 aliphatic heterocycles. The van der Waals surface area contributed by atoms with E-state index in [0.717, 1.165) is 30.6 Å². The molecule has 0 aromatic carbocycles. The minimum Gasteiger partial charge on any atom is -0.424 e. The summed E-state index contributed by atoms with van der Waals surface area (Å²) in [6.07, 6.45) is 4.94. The molecule has 0 saturated carbocycles. The second kappa shape index (κ2) is 7.29. The summed E-state index contributed by atoms with van der Waals surface area (Å²) in [6, 6.07) is 0. The van der Waals surface area contributed by atoms with E-state index in [9.17, 15) is 0 Å². The van der Waals surface area contributed by atoms with Crippen LogP contribution in [-0.2, 0) is 11.2 Å². The fraction of sp³-hybridized carbons (Fsp3) is 0.857. The van der Waals surface area contributed by atoms with Crippen molar-refractivity contribution < 1.29 is 9.15 Å². The number of hydrogen-bond acceptors (Lipinski definition) is 5. The lowest BCUT2D eigenvalue weighted by Gasteiger charge is -2.22. The molecule has 2 rings (SSSR count). The largest absolute Gasteiger partial charge is 0.424 e. The van der Waals surface area contributed by atoms with E-state index >= 15 is 0 Å². The molecule has 1 aromatic rings. The Morgan fingerprint density at radius 2 is 2.11 bits per heavy atom. The Morgan fingerprint density at radius 3 is 2.79 bits per heavy atom. The zero-order valence-electron chi connectivity index (χ0n) is 12.1. The van der Waals surface area contributed by atoms with E-state index in [0.29, 0.717) is 12.0 Å². The quantitative estimate of drug-likeness (QED) is 0.798. The first kappa shape index (κ1) is 14.9. The van der Waals surface area contributed by atoms with Crippen LogP contribution in [0, 0.1) is 5.92 Å². The summed E-state index contributed by atoms with van der Waals surface area (Å²) in [6.45, 7) is 7.35. The van der Waals surface area contributed by atoms with Crippen molar-refractivity contribution in [2.24, 2.45) is 5.92 Å². The Bertz CT molecular complexity index is 375. The van der Waals surface area contributed by atoms with Gasteiger partial charge in [-0.15, -0.1) is 22.0 Å². The Kier molecular flexibility index (Phi) is 5.70. The van der Waals surface area contributed by atoms with Crippen molar-refractivity contribution in [2.45, 2.75) is 57.8 Å². The molecular weight excluding hydrogens is 260 g/mol. The van der Waals surface area contributed by atoms with E-state index in [1.807, 2.05) is 11.8 Å². The van der Waals surface area contributed by atoms with E-state index in [-0.39, 0.29) is 5.25 Å². The summed E-state index contributed by atoms with van der Waals surface area (Å²) in [7, 11) is 0. The number of aromatic nitrogens is 2. The lowest BCUT2D eigenvalue weighted by Crippen LogP contribution is -2.21. The van der Waals surface area contributed by atoms with Crippen LogP contribution in [0.4, 0.5) is 0 Å². The van der Waals surface area contributed by atoms with Gasteiger partial charge in [-0.05, 0) is 32.1 Å². The molecule has 0 aliphatic carbocycles. The molecule has 0 N–H and O–H groups in total. The van der Waals surface area contributed by atoms with Crippen molar-refractivity contribution in [2.75, 3.05) is 12.4 Å². The van der Waals surface area contributed by atoms with E-state index in [1.54, 1.807) is 0 Å². The van der Waals surface area contributed by atoms with E-state index in [2.05, 4.69) is 31.0 Å². The van der Waals surface area contributed by atoms with Gasteiger partial charge in [0, 0.05) is 18.8 Å². The van der Waals surface area contributed by atoms with Gasteiger partial charge in [0.05, 0.1) is 11.4 Å². The fourth-order valence-corrected chi connectivity index (χ4v) is 3.13. The molecule has 0 spiro atoms. The third kappa shape index (κ3) is 4.80. The molecule has 0 amide bonds. The minimum atomic E-state index is 0.249. The standard InChI is InChI=1S/C14H24N2O2S/c1-10(2)8-13-15-16-14(18-13)11(3)19-9-12-6-4-5-7-17-12/h10-12H,4-9H2,1-3H3/t11-,12+/m0/s1.